The van der Waals surface area contributed by atoms with Crippen molar-refractivity contribution in [2.45, 2.75) is 51.5 Å². The highest BCUT2D eigenvalue weighted by molar-refractivity contribution is 8.00. The van der Waals surface area contributed by atoms with Gasteiger partial charge in [-0.05, 0) is 42.2 Å². The van der Waals surface area contributed by atoms with E-state index in [0.29, 0.717) is 33.7 Å². The van der Waals surface area contributed by atoms with Crippen LogP contribution in [0.25, 0.3) is 0 Å². The van der Waals surface area contributed by atoms with Gasteiger partial charge in [-0.2, -0.15) is 5.26 Å². The van der Waals surface area contributed by atoms with Crippen LogP contribution >= 0.6 is 11.8 Å². The second kappa shape index (κ2) is 10.3. The number of carbonyl (C=O) groups excluding carboxylic acids is 1. The predicted molar refractivity (Wildman–Crippen MR) is 127 cm³/mol. The molecule has 0 saturated heterocycles. The summed E-state index contributed by atoms with van der Waals surface area (Å²) in [6.45, 7) is 6.88. The van der Waals surface area contributed by atoms with Crippen LogP contribution in [0.1, 0.15) is 50.4 Å². The van der Waals surface area contributed by atoms with E-state index in [4.69, 9.17) is 14.5 Å². The van der Waals surface area contributed by atoms with E-state index in [1.807, 2.05) is 6.07 Å². The molecule has 32 heavy (non-hydrogen) atoms. The van der Waals surface area contributed by atoms with Crippen LogP contribution in [-0.4, -0.2) is 30.9 Å². The largest absolute Gasteiger partial charge is 0.497 e. The molecule has 1 atom stereocenters. The highest BCUT2D eigenvalue weighted by Crippen LogP contribution is 2.40. The third-order valence-corrected chi connectivity index (χ3v) is 7.46. The van der Waals surface area contributed by atoms with Gasteiger partial charge in [0.05, 0.1) is 25.5 Å². The van der Waals surface area contributed by atoms with Gasteiger partial charge >= 0.3 is 0 Å². The maximum absolute atomic E-state index is 12.5. The van der Waals surface area contributed by atoms with Gasteiger partial charge in [-0.25, -0.2) is 4.98 Å². The van der Waals surface area contributed by atoms with E-state index < -0.39 is 0 Å². The molecule has 1 heterocycles. The van der Waals surface area contributed by atoms with Crippen molar-refractivity contribution in [3.63, 3.8) is 0 Å². The Morgan fingerprint density at radius 1 is 1.25 bits per heavy atom. The molecule has 0 bridgehead atoms. The fourth-order valence-electron chi connectivity index (χ4n) is 4.00. The summed E-state index contributed by atoms with van der Waals surface area (Å²) in [5.74, 6) is 1.77. The lowest BCUT2D eigenvalue weighted by Crippen LogP contribution is -2.29. The minimum absolute atomic E-state index is 0.158. The number of ether oxygens (including phenoxy) is 2. The predicted octanol–water partition coefficient (Wildman–Crippen LogP) is 5.24. The maximum Gasteiger partial charge on any atom is 0.234 e. The van der Waals surface area contributed by atoms with E-state index in [0.717, 1.165) is 31.4 Å². The van der Waals surface area contributed by atoms with Crippen molar-refractivity contribution in [1.82, 2.24) is 4.98 Å². The van der Waals surface area contributed by atoms with Crippen LogP contribution in [0.3, 0.4) is 0 Å². The number of fused-ring (bicyclic) bond motifs is 1. The smallest absolute Gasteiger partial charge is 0.234 e. The van der Waals surface area contributed by atoms with Gasteiger partial charge in [0.25, 0.3) is 0 Å². The van der Waals surface area contributed by atoms with Crippen LogP contribution < -0.4 is 14.8 Å². The molecule has 1 aliphatic rings. The number of aromatic nitrogens is 1. The Kier molecular flexibility index (Phi) is 7.68. The first-order chi connectivity index (χ1) is 15.3. The van der Waals surface area contributed by atoms with Crippen molar-refractivity contribution < 1.29 is 14.3 Å². The minimum Gasteiger partial charge on any atom is -0.497 e. The molecule has 0 fully saturated rings. The highest BCUT2D eigenvalue weighted by atomic mass is 32.2. The number of carbonyl (C=O) groups is 1. The van der Waals surface area contributed by atoms with Gasteiger partial charge in [0.1, 0.15) is 22.6 Å². The molecule has 0 spiro atoms. The molecule has 0 saturated carbocycles. The van der Waals surface area contributed by atoms with E-state index >= 15 is 0 Å². The van der Waals surface area contributed by atoms with Crippen molar-refractivity contribution in [2.75, 3.05) is 25.3 Å². The van der Waals surface area contributed by atoms with Gasteiger partial charge in [-0.15, -0.1) is 0 Å². The fraction of sp³-hybridized carbons (Fsp3) is 0.480. The molecular weight excluding hydrogens is 422 g/mol. The number of pyridine rings is 1. The Morgan fingerprint density at radius 2 is 1.94 bits per heavy atom. The molecule has 0 aliphatic heterocycles. The van der Waals surface area contributed by atoms with Crippen molar-refractivity contribution in [3.8, 4) is 17.6 Å². The number of amides is 1. The number of aryl methyl sites for hydroxylation is 1. The monoisotopic (exact) mass is 453 g/mol. The van der Waals surface area contributed by atoms with Crippen molar-refractivity contribution in [3.05, 3.63) is 41.1 Å². The molecule has 1 aromatic carbocycles. The molecular formula is C25H31N3O3S. The van der Waals surface area contributed by atoms with E-state index in [1.165, 1.54) is 17.3 Å². The maximum atomic E-state index is 12.5. The lowest BCUT2D eigenvalue weighted by Gasteiger charge is -2.37. The zero-order valence-electron chi connectivity index (χ0n) is 19.4. The number of hydrogen-bond donors (Lipinski definition) is 1. The minimum atomic E-state index is -0.182. The Hall–Kier alpha value is -2.72. The quantitative estimate of drug-likeness (QED) is 0.550. The zero-order valence-corrected chi connectivity index (χ0v) is 20.3. The molecule has 2 aromatic rings. The van der Waals surface area contributed by atoms with E-state index in [9.17, 15) is 10.1 Å². The lowest BCUT2D eigenvalue weighted by atomic mass is 9.69. The summed E-state index contributed by atoms with van der Waals surface area (Å²) in [5, 5.41) is 13.2. The summed E-state index contributed by atoms with van der Waals surface area (Å²) in [6.07, 6.45) is 4.11. The third-order valence-electron chi connectivity index (χ3n) is 6.46. The second-order valence-electron chi connectivity index (χ2n) is 8.78. The normalized spacial score (nSPS) is 15.4. The Bertz CT molecular complexity index is 1010. The van der Waals surface area contributed by atoms with Crippen LogP contribution in [0.15, 0.2) is 29.3 Å². The topological polar surface area (TPSA) is 84.2 Å². The van der Waals surface area contributed by atoms with Crippen molar-refractivity contribution in [1.29, 1.82) is 5.26 Å². The van der Waals surface area contributed by atoms with E-state index in [-0.39, 0.29) is 17.1 Å². The fourth-order valence-corrected chi connectivity index (χ4v) is 4.78. The number of nitrogens with one attached hydrogen (secondary N) is 1. The zero-order chi connectivity index (χ0) is 23.3. The average Bonchev–Trinajstić information content (AvgIpc) is 2.81. The summed E-state index contributed by atoms with van der Waals surface area (Å²) in [7, 11) is 3.12. The standard InChI is InChI=1S/C25H31N3O3S/c1-6-25(2,3)18-7-8-22-16(10-18)9-17(14-26)24(28-22)32-15-23(29)27-19-11-20(30-4)13-21(12-19)31-5/h9,11-13,18H,6-8,10,15H2,1-5H3,(H,27,29). The first kappa shape index (κ1) is 23.9. The molecule has 1 aromatic heterocycles. The molecule has 3 rings (SSSR count). The summed E-state index contributed by atoms with van der Waals surface area (Å²) in [5.41, 5.74) is 3.65. The van der Waals surface area contributed by atoms with Crippen LogP contribution in [0.2, 0.25) is 0 Å². The van der Waals surface area contributed by atoms with Gasteiger partial charge in [-0.1, -0.05) is 39.0 Å². The summed E-state index contributed by atoms with van der Waals surface area (Å²) < 4.78 is 10.5. The van der Waals surface area contributed by atoms with Crippen molar-refractivity contribution in [2.24, 2.45) is 11.3 Å². The molecule has 0 radical (unpaired) electrons. The highest BCUT2D eigenvalue weighted by Gasteiger charge is 2.32. The number of hydrogen-bond acceptors (Lipinski definition) is 6. The van der Waals surface area contributed by atoms with Gasteiger partial charge < -0.3 is 14.8 Å². The van der Waals surface area contributed by atoms with Crippen LogP contribution in [0.5, 0.6) is 11.5 Å². The summed E-state index contributed by atoms with van der Waals surface area (Å²) in [4.78, 5) is 17.3. The van der Waals surface area contributed by atoms with Gasteiger partial charge in [0, 0.05) is 29.6 Å². The number of nitrogens with zero attached hydrogens (tertiary/aromatic N) is 2. The first-order valence-corrected chi connectivity index (χ1v) is 11.9. The third kappa shape index (κ3) is 5.55. The van der Waals surface area contributed by atoms with E-state index in [1.54, 1.807) is 32.4 Å². The Morgan fingerprint density at radius 3 is 2.53 bits per heavy atom. The summed E-state index contributed by atoms with van der Waals surface area (Å²) >= 11 is 1.29. The number of methoxy groups -OCH3 is 2. The molecule has 6 nitrogen and oxygen atoms in total. The SMILES string of the molecule is CCC(C)(C)C1CCc2nc(SCC(=O)Nc3cc(OC)cc(OC)c3)c(C#N)cc2C1. The van der Waals surface area contributed by atoms with E-state index in [2.05, 4.69) is 32.2 Å². The van der Waals surface area contributed by atoms with Gasteiger partial charge in [-0.3, -0.25) is 4.79 Å². The van der Waals surface area contributed by atoms with Crippen molar-refractivity contribution >= 4 is 23.4 Å². The molecule has 1 aliphatic carbocycles. The molecule has 170 valence electrons. The number of thioether (sulfide) groups is 1. The summed E-state index contributed by atoms with van der Waals surface area (Å²) in [6, 6.07) is 9.46. The molecule has 7 heteroatoms. The molecule has 1 amide bonds. The average molecular weight is 454 g/mol. The Balaban J connectivity index is 1.70. The van der Waals surface area contributed by atoms with Gasteiger partial charge in [0.2, 0.25) is 5.91 Å². The van der Waals surface area contributed by atoms with Crippen LogP contribution in [0.4, 0.5) is 5.69 Å². The number of nitriles is 1. The number of rotatable bonds is 8. The van der Waals surface area contributed by atoms with Crippen LogP contribution in [0, 0.1) is 22.7 Å². The Labute approximate surface area is 194 Å². The van der Waals surface area contributed by atoms with Gasteiger partial charge in [0.15, 0.2) is 0 Å². The first-order valence-electron chi connectivity index (χ1n) is 10.9. The number of benzene rings is 1. The lowest BCUT2D eigenvalue weighted by molar-refractivity contribution is -0.113. The second-order valence-corrected chi connectivity index (χ2v) is 9.74. The van der Waals surface area contributed by atoms with Crippen LogP contribution in [-0.2, 0) is 17.6 Å². The number of anilines is 1. The molecule has 1 N–H and O–H groups in total. The molecule has 1 unspecified atom stereocenters.